The van der Waals surface area contributed by atoms with Gasteiger partial charge in [-0.2, -0.15) is 0 Å². The normalized spacial score (nSPS) is 17.8. The molecule has 0 saturated heterocycles. The Morgan fingerprint density at radius 2 is 1.79 bits per heavy atom. The number of nitrogens with two attached hydrogens (primary N) is 1. The minimum Gasteiger partial charge on any atom is -0.345 e. The number of carbonyl (C=O) groups is 2. The second kappa shape index (κ2) is 11.7. The monoisotopic (exact) mass is 565 g/mol. The van der Waals surface area contributed by atoms with Crippen molar-refractivity contribution in [3.8, 4) is 11.1 Å². The number of aromatic amines is 3. The number of aryl methyl sites for hydroxylation is 1. The quantitative estimate of drug-likeness (QED) is 0.166. The molecule has 7 N–H and O–H groups in total. The molecule has 2 heterocycles. The minimum absolute atomic E-state index is 0.101. The van der Waals surface area contributed by atoms with Crippen molar-refractivity contribution in [3.63, 3.8) is 0 Å². The molecule has 2 aromatic heterocycles. The highest BCUT2D eigenvalue weighted by Gasteiger charge is 2.29. The molecule has 0 spiro atoms. The van der Waals surface area contributed by atoms with Gasteiger partial charge in [-0.15, -0.1) is 0 Å². The smallest absolute Gasteiger partial charge is 0.271 e. The fraction of sp³-hybridized carbons (Fsp3) is 0.312. The van der Waals surface area contributed by atoms with Crippen LogP contribution in [0.15, 0.2) is 65.7 Å². The first-order chi connectivity index (χ1) is 20.4. The van der Waals surface area contributed by atoms with E-state index in [1.165, 1.54) is 0 Å². The molecule has 1 fully saturated rings. The van der Waals surface area contributed by atoms with Gasteiger partial charge in [-0.25, -0.2) is 4.98 Å². The zero-order chi connectivity index (χ0) is 29.2. The van der Waals surface area contributed by atoms with Crippen molar-refractivity contribution in [3.05, 3.63) is 82.4 Å². The largest absolute Gasteiger partial charge is 0.345 e. The molecule has 2 amide bonds. The van der Waals surface area contributed by atoms with Gasteiger partial charge in [0, 0.05) is 18.0 Å². The summed E-state index contributed by atoms with van der Waals surface area (Å²) in [7, 11) is 0. The number of rotatable bonds is 8. The minimum atomic E-state index is -0.779. The molecule has 6 rings (SSSR count). The molecule has 1 aliphatic rings. The van der Waals surface area contributed by atoms with Crippen LogP contribution >= 0.6 is 0 Å². The van der Waals surface area contributed by atoms with E-state index in [1.807, 2.05) is 24.3 Å². The van der Waals surface area contributed by atoms with Crippen molar-refractivity contribution in [2.45, 2.75) is 45.1 Å². The second-order valence-corrected chi connectivity index (χ2v) is 11.3. The predicted molar refractivity (Wildman–Crippen MR) is 164 cm³/mol. The Kier molecular flexibility index (Phi) is 7.62. The molecule has 10 heteroatoms. The third kappa shape index (κ3) is 5.71. The fourth-order valence-corrected chi connectivity index (χ4v) is 5.96. The molecule has 0 radical (unpaired) electrons. The number of fused-ring (bicyclic) bond motifs is 2. The third-order valence-corrected chi connectivity index (χ3v) is 8.50. The van der Waals surface area contributed by atoms with E-state index in [0.29, 0.717) is 35.5 Å². The Balaban J connectivity index is 1.21. The number of amides is 2. The van der Waals surface area contributed by atoms with E-state index in [-0.39, 0.29) is 23.3 Å². The lowest BCUT2D eigenvalue weighted by Crippen LogP contribution is -2.48. The van der Waals surface area contributed by atoms with Gasteiger partial charge in [0.15, 0.2) is 0 Å². The van der Waals surface area contributed by atoms with Crippen molar-refractivity contribution in [1.82, 2.24) is 25.5 Å². The van der Waals surface area contributed by atoms with Crippen LogP contribution in [0.2, 0.25) is 0 Å². The molecule has 42 heavy (non-hydrogen) atoms. The molecule has 1 saturated carbocycles. The van der Waals surface area contributed by atoms with E-state index in [0.717, 1.165) is 59.0 Å². The Labute approximate surface area is 242 Å². The van der Waals surface area contributed by atoms with Crippen LogP contribution < -0.4 is 21.9 Å². The van der Waals surface area contributed by atoms with Gasteiger partial charge in [0.25, 0.3) is 5.56 Å². The highest BCUT2D eigenvalue weighted by atomic mass is 16.2. The second-order valence-electron chi connectivity index (χ2n) is 11.3. The number of imidazole rings is 1. The summed E-state index contributed by atoms with van der Waals surface area (Å²) >= 11 is 0. The van der Waals surface area contributed by atoms with Crippen LogP contribution in [0.1, 0.15) is 36.8 Å². The maximum Gasteiger partial charge on any atom is 0.271 e. The number of hydrogen-bond acceptors (Lipinski definition) is 5. The first-order valence-electron chi connectivity index (χ1n) is 14.4. The van der Waals surface area contributed by atoms with Crippen LogP contribution in [0.3, 0.4) is 0 Å². The van der Waals surface area contributed by atoms with E-state index < -0.39 is 6.04 Å². The topological polar surface area (TPSA) is 162 Å². The van der Waals surface area contributed by atoms with E-state index in [4.69, 9.17) is 5.73 Å². The molecular weight excluding hydrogens is 530 g/mol. The number of nitrogens with zero attached hydrogens (tertiary/aromatic N) is 1. The average Bonchev–Trinajstić information content (AvgIpc) is 3.62. The first kappa shape index (κ1) is 27.5. The first-order valence-corrected chi connectivity index (χ1v) is 14.4. The number of anilines is 1. The average molecular weight is 566 g/mol. The van der Waals surface area contributed by atoms with Crippen molar-refractivity contribution in [1.29, 1.82) is 0 Å². The van der Waals surface area contributed by atoms with Crippen LogP contribution in [0.4, 0.5) is 5.69 Å². The molecule has 1 aliphatic carbocycles. The van der Waals surface area contributed by atoms with Gasteiger partial charge in [-0.1, -0.05) is 24.3 Å². The summed E-state index contributed by atoms with van der Waals surface area (Å²) in [5.41, 5.74) is 12.8. The Hall–Kier alpha value is -4.70. The zero-order valence-electron chi connectivity index (χ0n) is 23.5. The number of benzene rings is 3. The summed E-state index contributed by atoms with van der Waals surface area (Å²) in [6.07, 6.45) is 5.41. The lowest BCUT2D eigenvalue weighted by Gasteiger charge is -2.28. The van der Waals surface area contributed by atoms with Gasteiger partial charge >= 0.3 is 0 Å². The highest BCUT2D eigenvalue weighted by Crippen LogP contribution is 2.29. The molecular formula is C32H35N7O3. The summed E-state index contributed by atoms with van der Waals surface area (Å²) in [5.74, 6) is -0.0961. The van der Waals surface area contributed by atoms with Crippen molar-refractivity contribution >= 4 is 39.4 Å². The summed E-state index contributed by atoms with van der Waals surface area (Å²) < 4.78 is 0. The lowest BCUT2D eigenvalue weighted by molar-refractivity contribution is -0.130. The SMILES string of the molecule is Cc1cc2[nH]cnc2cc1-c1ccc(C[C@H](NC(=O)C2CCC(CN)CC2)C(=O)Nc2ccc3c(=O)[nH][nH]c3c2)cc1. The molecule has 10 nitrogen and oxygen atoms in total. The van der Waals surface area contributed by atoms with Crippen LogP contribution in [-0.2, 0) is 16.0 Å². The Morgan fingerprint density at radius 1 is 1.00 bits per heavy atom. The zero-order valence-corrected chi connectivity index (χ0v) is 23.5. The van der Waals surface area contributed by atoms with Gasteiger partial charge in [-0.05, 0) is 97.7 Å². The van der Waals surface area contributed by atoms with Crippen molar-refractivity contribution in [2.24, 2.45) is 17.6 Å². The number of hydrogen-bond donors (Lipinski definition) is 6. The molecule has 1 atom stereocenters. The molecule has 0 bridgehead atoms. The van der Waals surface area contributed by atoms with Crippen LogP contribution in [0, 0.1) is 18.8 Å². The molecule has 5 aromatic rings. The van der Waals surface area contributed by atoms with E-state index in [2.05, 4.69) is 49.9 Å². The maximum atomic E-state index is 13.6. The summed E-state index contributed by atoms with van der Waals surface area (Å²) in [4.78, 5) is 46.3. The molecule has 3 aromatic carbocycles. The van der Waals surface area contributed by atoms with E-state index in [9.17, 15) is 14.4 Å². The number of H-pyrrole nitrogens is 3. The number of carbonyl (C=O) groups excluding carboxylic acids is 2. The lowest BCUT2D eigenvalue weighted by atomic mass is 9.81. The number of nitrogens with one attached hydrogen (secondary N) is 5. The predicted octanol–water partition coefficient (Wildman–Crippen LogP) is 4.14. The van der Waals surface area contributed by atoms with E-state index in [1.54, 1.807) is 24.5 Å². The summed E-state index contributed by atoms with van der Waals surface area (Å²) in [6.45, 7) is 2.71. The van der Waals surface area contributed by atoms with Gasteiger partial charge in [0.05, 0.1) is 28.3 Å². The van der Waals surface area contributed by atoms with Crippen LogP contribution in [0.25, 0.3) is 33.1 Å². The van der Waals surface area contributed by atoms with Gasteiger partial charge < -0.3 is 21.4 Å². The summed E-state index contributed by atoms with van der Waals surface area (Å²) in [5, 5.41) is 11.8. The van der Waals surface area contributed by atoms with Gasteiger partial charge in [0.2, 0.25) is 11.8 Å². The third-order valence-electron chi connectivity index (χ3n) is 8.50. The van der Waals surface area contributed by atoms with E-state index >= 15 is 0 Å². The van der Waals surface area contributed by atoms with Gasteiger partial charge in [-0.3, -0.25) is 24.6 Å². The van der Waals surface area contributed by atoms with Gasteiger partial charge in [0.1, 0.15) is 6.04 Å². The number of aromatic nitrogens is 4. The standard InChI is InChI=1S/C32H35N7O3/c1-18-12-27-28(35-17-34-27)15-25(18)21-6-2-19(3-7-21)13-29(37-30(40)22-8-4-20(16-33)5-9-22)32(42)36-23-10-11-24-26(14-23)38-39-31(24)41/h2-3,6-7,10-12,14-15,17,20,22,29H,4-5,8-9,13,16,33H2,1H3,(H,34,35)(H,36,42)(H,37,40)(H2,38,39,41)/t20?,22?,29-/m0/s1. The fourth-order valence-electron chi connectivity index (χ4n) is 5.96. The molecule has 0 aliphatic heterocycles. The van der Waals surface area contributed by atoms with Crippen LogP contribution in [0.5, 0.6) is 0 Å². The van der Waals surface area contributed by atoms with Crippen LogP contribution in [-0.4, -0.2) is 44.6 Å². The van der Waals surface area contributed by atoms with Crippen molar-refractivity contribution < 1.29 is 9.59 Å². The summed E-state index contributed by atoms with van der Waals surface area (Å²) in [6, 6.07) is 16.5. The Bertz CT molecular complexity index is 1790. The Morgan fingerprint density at radius 3 is 2.55 bits per heavy atom. The molecule has 0 unspecified atom stereocenters. The molecule has 216 valence electrons. The maximum absolute atomic E-state index is 13.6. The van der Waals surface area contributed by atoms with Crippen molar-refractivity contribution in [2.75, 3.05) is 11.9 Å². The highest BCUT2D eigenvalue weighted by molar-refractivity contribution is 5.99.